The fourth-order valence-corrected chi connectivity index (χ4v) is 11.3. The third-order valence-corrected chi connectivity index (χ3v) is 14.2. The van der Waals surface area contributed by atoms with Crippen molar-refractivity contribution in [2.45, 2.75) is 89.1 Å². The number of ether oxygens (including phenoxy) is 2. The van der Waals surface area contributed by atoms with Gasteiger partial charge in [0.1, 0.15) is 21.0 Å². The second-order valence-corrected chi connectivity index (χ2v) is 19.2. The van der Waals surface area contributed by atoms with E-state index in [4.69, 9.17) is 32.7 Å². The summed E-state index contributed by atoms with van der Waals surface area (Å²) in [5.41, 5.74) is 15.5. The second kappa shape index (κ2) is 12.2. The summed E-state index contributed by atoms with van der Waals surface area (Å²) in [5, 5.41) is 0. The molecular formula is C44H48Cl2O2Si. The van der Waals surface area contributed by atoms with Crippen molar-refractivity contribution in [3.05, 3.63) is 117 Å². The summed E-state index contributed by atoms with van der Waals surface area (Å²) in [6.07, 6.45) is 0. The maximum Gasteiger partial charge on any atom is 0.131 e. The second-order valence-electron chi connectivity index (χ2n) is 15.7. The van der Waals surface area contributed by atoms with Crippen molar-refractivity contribution >= 4 is 43.9 Å². The summed E-state index contributed by atoms with van der Waals surface area (Å²) in [4.78, 5) is 0. The predicted molar refractivity (Wildman–Crippen MR) is 212 cm³/mol. The van der Waals surface area contributed by atoms with Crippen LogP contribution in [0.3, 0.4) is 0 Å². The highest BCUT2D eigenvalue weighted by Gasteiger charge is 2.53. The highest BCUT2D eigenvalue weighted by molar-refractivity contribution is 6.70. The zero-order valence-corrected chi connectivity index (χ0v) is 33.5. The fraction of sp³-hybridized carbons (Fsp3) is 0.364. The molecule has 2 aliphatic carbocycles. The molecule has 0 bridgehead atoms. The number of alkyl halides is 2. The number of fused-ring (bicyclic) bond motifs is 2. The lowest BCUT2D eigenvalue weighted by molar-refractivity contribution is 0.398. The molecule has 0 aliphatic heterocycles. The van der Waals surface area contributed by atoms with E-state index in [-0.39, 0.29) is 20.3 Å². The van der Waals surface area contributed by atoms with Gasteiger partial charge in [0.25, 0.3) is 0 Å². The molecule has 0 aromatic heterocycles. The summed E-state index contributed by atoms with van der Waals surface area (Å²) in [6.45, 7) is 22.3. The Hall–Kier alpha value is -3.24. The van der Waals surface area contributed by atoms with Gasteiger partial charge in [-0.2, -0.15) is 0 Å². The molecule has 2 radical (unpaired) electrons. The summed E-state index contributed by atoms with van der Waals surface area (Å²) in [5.74, 6) is 1.81. The van der Waals surface area contributed by atoms with E-state index in [0.717, 1.165) is 78.3 Å². The number of hydrogen-bond donors (Lipinski definition) is 0. The molecule has 5 heteroatoms. The first-order valence-electron chi connectivity index (χ1n) is 17.1. The van der Waals surface area contributed by atoms with Crippen LogP contribution in [-0.2, 0) is 19.8 Å². The number of hydrogen-bond acceptors (Lipinski definition) is 2. The molecule has 0 saturated carbocycles. The van der Waals surface area contributed by atoms with Gasteiger partial charge < -0.3 is 9.47 Å². The van der Waals surface area contributed by atoms with E-state index in [1.807, 2.05) is 0 Å². The Balaban J connectivity index is 1.67. The van der Waals surface area contributed by atoms with E-state index in [2.05, 4.69) is 142 Å². The van der Waals surface area contributed by atoms with Crippen molar-refractivity contribution in [2.75, 3.05) is 14.2 Å². The molecule has 0 fully saturated rings. The lowest BCUT2D eigenvalue weighted by Crippen LogP contribution is -2.41. The first-order chi connectivity index (χ1) is 22.9. The van der Waals surface area contributed by atoms with Crippen LogP contribution in [0.5, 0.6) is 11.5 Å². The first-order valence-corrected chi connectivity index (χ1v) is 18.8. The topological polar surface area (TPSA) is 18.5 Å². The van der Waals surface area contributed by atoms with Crippen molar-refractivity contribution in [3.63, 3.8) is 0 Å². The van der Waals surface area contributed by atoms with E-state index in [1.54, 1.807) is 14.2 Å². The molecule has 2 unspecified atom stereocenters. The highest BCUT2D eigenvalue weighted by Crippen LogP contribution is 2.62. The van der Waals surface area contributed by atoms with Gasteiger partial charge in [-0.1, -0.05) is 102 Å². The van der Waals surface area contributed by atoms with Crippen LogP contribution in [-0.4, -0.2) is 23.7 Å². The monoisotopic (exact) mass is 706 g/mol. The molecule has 0 heterocycles. The van der Waals surface area contributed by atoms with E-state index < -0.39 is 8.99 Å². The number of halogens is 2. The Labute approximate surface area is 306 Å². The van der Waals surface area contributed by atoms with Gasteiger partial charge in [0.05, 0.1) is 23.2 Å². The fourth-order valence-electron chi connectivity index (χ4n) is 7.81. The van der Waals surface area contributed by atoms with Crippen LogP contribution in [0.15, 0.2) is 83.9 Å². The van der Waals surface area contributed by atoms with Crippen LogP contribution < -0.4 is 9.47 Å². The first kappa shape index (κ1) is 35.6. The van der Waals surface area contributed by atoms with Crippen LogP contribution in [0.1, 0.15) is 103 Å². The normalized spacial score (nSPS) is 20.5. The lowest BCUT2D eigenvalue weighted by Gasteiger charge is -2.37. The largest absolute Gasteiger partial charge is 0.496 e. The third-order valence-electron chi connectivity index (χ3n) is 10.7. The zero-order chi connectivity index (χ0) is 35.8. The summed E-state index contributed by atoms with van der Waals surface area (Å²) < 4.78 is 10.9. The van der Waals surface area contributed by atoms with Crippen LogP contribution in [0.2, 0.25) is 0 Å². The average Bonchev–Trinajstić information content (AvgIpc) is 3.36. The smallest absolute Gasteiger partial charge is 0.131 e. The van der Waals surface area contributed by atoms with Gasteiger partial charge in [0.15, 0.2) is 0 Å². The SMILES string of the molecule is COc1c(C(C)(C)C)cc2c(c1-c1ccccc1)C(C)=C(C)C2(Cl)[Si]C1(Cl)C(C)=C(C)c2c1cc(C(C)(C)C)c(OC)c2-c1ccccc1. The van der Waals surface area contributed by atoms with E-state index in [9.17, 15) is 0 Å². The molecular weight excluding hydrogens is 659 g/mol. The van der Waals surface area contributed by atoms with Gasteiger partial charge in [-0.15, -0.1) is 23.2 Å². The van der Waals surface area contributed by atoms with Crippen molar-refractivity contribution in [2.24, 2.45) is 0 Å². The Morgan fingerprint density at radius 1 is 0.531 bits per heavy atom. The van der Waals surface area contributed by atoms with Crippen LogP contribution in [0.25, 0.3) is 33.4 Å². The number of benzene rings is 4. The van der Waals surface area contributed by atoms with Crippen LogP contribution in [0.4, 0.5) is 0 Å². The maximum absolute atomic E-state index is 8.20. The van der Waals surface area contributed by atoms with Crippen LogP contribution >= 0.6 is 23.2 Å². The minimum absolute atomic E-state index is 0.108. The zero-order valence-electron chi connectivity index (χ0n) is 31.0. The molecule has 2 atom stereocenters. The molecule has 254 valence electrons. The lowest BCUT2D eigenvalue weighted by atomic mass is 9.80. The standard InChI is InChI=1S/C44H48Cl2O2Si/c1-25-27(3)43(45,31-23-33(41(5,6)7)39(47-11)37(35(25)31)29-19-15-13-16-20-29)49-44(46)28(4)26(2)36-32(44)24-34(42(8,9)10)40(48-12)38(36)30-21-17-14-18-22-30/h13-24H,1-12H3. The van der Waals surface area contributed by atoms with Crippen LogP contribution in [0, 0.1) is 0 Å². The average molecular weight is 708 g/mol. The summed E-state index contributed by atoms with van der Waals surface area (Å²) in [7, 11) is 3.67. The Morgan fingerprint density at radius 2 is 0.857 bits per heavy atom. The van der Waals surface area contributed by atoms with E-state index in [0.29, 0.717) is 0 Å². The molecule has 2 aliphatic rings. The minimum Gasteiger partial charge on any atom is -0.496 e. The van der Waals surface area contributed by atoms with Gasteiger partial charge in [-0.05, 0) is 106 Å². The molecule has 2 nitrogen and oxygen atoms in total. The Morgan fingerprint density at radius 3 is 1.14 bits per heavy atom. The van der Waals surface area contributed by atoms with Crippen molar-refractivity contribution in [3.8, 4) is 33.8 Å². The van der Waals surface area contributed by atoms with Crippen molar-refractivity contribution in [1.29, 1.82) is 0 Å². The van der Waals surface area contributed by atoms with Gasteiger partial charge >= 0.3 is 0 Å². The Kier molecular flexibility index (Phi) is 8.87. The third kappa shape index (κ3) is 5.43. The molecule has 0 saturated heterocycles. The summed E-state index contributed by atoms with van der Waals surface area (Å²) >= 11 is 16.4. The van der Waals surface area contributed by atoms with Gasteiger partial charge in [0, 0.05) is 22.3 Å². The molecule has 0 N–H and O–H groups in total. The molecule has 4 aromatic rings. The number of methoxy groups -OCH3 is 2. The van der Waals surface area contributed by atoms with E-state index >= 15 is 0 Å². The quantitative estimate of drug-likeness (QED) is 0.147. The molecule has 6 rings (SSSR count). The predicted octanol–water partition coefficient (Wildman–Crippen LogP) is 12.4. The van der Waals surface area contributed by atoms with Gasteiger partial charge in [-0.25, -0.2) is 0 Å². The van der Waals surface area contributed by atoms with Gasteiger partial charge in [0.2, 0.25) is 0 Å². The van der Waals surface area contributed by atoms with Gasteiger partial charge in [-0.3, -0.25) is 0 Å². The summed E-state index contributed by atoms with van der Waals surface area (Å²) in [6, 6.07) is 25.8. The molecule has 0 amide bonds. The molecule has 49 heavy (non-hydrogen) atoms. The van der Waals surface area contributed by atoms with Crippen molar-refractivity contribution < 1.29 is 9.47 Å². The maximum atomic E-state index is 8.20. The Bertz CT molecular complexity index is 1880. The number of rotatable bonds is 6. The highest BCUT2D eigenvalue weighted by atomic mass is 35.5. The number of allylic oxidation sites excluding steroid dienone is 4. The van der Waals surface area contributed by atoms with Crippen molar-refractivity contribution in [1.82, 2.24) is 0 Å². The van der Waals surface area contributed by atoms with E-state index in [1.165, 1.54) is 11.1 Å². The minimum atomic E-state index is -0.838. The molecule has 4 aromatic carbocycles. The molecule has 0 spiro atoms.